The van der Waals surface area contributed by atoms with Gasteiger partial charge in [0.2, 0.25) is 0 Å². The normalized spacial score (nSPS) is 11.0. The van der Waals surface area contributed by atoms with Crippen LogP contribution in [-0.4, -0.2) is 32.8 Å². The van der Waals surface area contributed by atoms with Gasteiger partial charge in [-0.2, -0.15) is 5.10 Å². The first-order valence-electron chi connectivity index (χ1n) is 9.16. The van der Waals surface area contributed by atoms with E-state index in [1.165, 1.54) is 11.3 Å². The van der Waals surface area contributed by atoms with E-state index in [2.05, 4.69) is 20.5 Å². The number of hydrogen-bond donors (Lipinski definition) is 3. The van der Waals surface area contributed by atoms with E-state index in [0.29, 0.717) is 23.0 Å². The van der Waals surface area contributed by atoms with Crippen molar-refractivity contribution >= 4 is 32.6 Å². The fourth-order valence-corrected chi connectivity index (χ4v) is 3.85. The van der Waals surface area contributed by atoms with Crippen LogP contribution < -0.4 is 10.1 Å². The predicted octanol–water partition coefficient (Wildman–Crippen LogP) is 4.66. The molecule has 0 fully saturated rings. The molecule has 0 saturated heterocycles. The average molecular weight is 408 g/mol. The van der Waals surface area contributed by atoms with Crippen LogP contribution in [0.15, 0.2) is 36.4 Å². The Morgan fingerprint density at radius 1 is 1.24 bits per heavy atom. The number of nitrogens with zero attached hydrogens (tertiary/aromatic N) is 2. The van der Waals surface area contributed by atoms with Gasteiger partial charge in [-0.05, 0) is 62.2 Å². The summed E-state index contributed by atoms with van der Waals surface area (Å²) in [5.74, 6) is 0.587. The first-order chi connectivity index (χ1) is 14.0. The summed E-state index contributed by atoms with van der Waals surface area (Å²) in [6.45, 7) is 6.29. The van der Waals surface area contributed by atoms with Crippen LogP contribution in [-0.2, 0) is 0 Å². The van der Waals surface area contributed by atoms with Gasteiger partial charge in [0.15, 0.2) is 5.13 Å². The van der Waals surface area contributed by atoms with Crippen molar-refractivity contribution in [2.24, 2.45) is 0 Å². The third-order valence-electron chi connectivity index (χ3n) is 4.69. The molecule has 3 N–H and O–H groups in total. The van der Waals surface area contributed by atoms with Crippen molar-refractivity contribution in [1.82, 2.24) is 15.2 Å². The van der Waals surface area contributed by atoms with E-state index in [1.807, 2.05) is 45.0 Å². The molecule has 8 heteroatoms. The molecule has 1 amide bonds. The van der Waals surface area contributed by atoms with E-state index in [1.54, 1.807) is 12.1 Å². The molecular weight excluding hydrogens is 388 g/mol. The van der Waals surface area contributed by atoms with Gasteiger partial charge in [-0.1, -0.05) is 17.4 Å². The molecule has 0 saturated carbocycles. The van der Waals surface area contributed by atoms with Gasteiger partial charge in [-0.3, -0.25) is 15.2 Å². The van der Waals surface area contributed by atoms with Gasteiger partial charge in [-0.25, -0.2) is 4.98 Å². The molecule has 2 aromatic carbocycles. The second-order valence-corrected chi connectivity index (χ2v) is 7.64. The number of fused-ring (bicyclic) bond motifs is 1. The third kappa shape index (κ3) is 3.66. The highest BCUT2D eigenvalue weighted by molar-refractivity contribution is 7.22. The van der Waals surface area contributed by atoms with Crippen LogP contribution in [0.3, 0.4) is 0 Å². The zero-order valence-electron chi connectivity index (χ0n) is 16.2. The Kier molecular flexibility index (Phi) is 4.94. The van der Waals surface area contributed by atoms with Crippen molar-refractivity contribution in [1.29, 1.82) is 0 Å². The van der Waals surface area contributed by atoms with Crippen LogP contribution in [0.25, 0.3) is 21.5 Å². The van der Waals surface area contributed by atoms with Crippen molar-refractivity contribution in [3.05, 3.63) is 53.2 Å². The number of carbonyl (C=O) groups excluding carboxylic acids is 1. The maximum atomic E-state index is 12.6. The van der Waals surface area contributed by atoms with E-state index in [0.717, 1.165) is 27.1 Å². The van der Waals surface area contributed by atoms with Gasteiger partial charge in [0, 0.05) is 5.56 Å². The van der Waals surface area contributed by atoms with Gasteiger partial charge < -0.3 is 9.84 Å². The Labute approximate surface area is 171 Å². The molecular formula is C21H20N4O3S. The van der Waals surface area contributed by atoms with Gasteiger partial charge in [0.1, 0.15) is 17.2 Å². The molecule has 0 aliphatic rings. The Morgan fingerprint density at radius 2 is 2.07 bits per heavy atom. The lowest BCUT2D eigenvalue weighted by Gasteiger charge is -2.07. The summed E-state index contributed by atoms with van der Waals surface area (Å²) in [4.78, 5) is 17.0. The molecule has 2 aromatic heterocycles. The van der Waals surface area contributed by atoms with Crippen LogP contribution >= 0.6 is 11.3 Å². The van der Waals surface area contributed by atoms with E-state index >= 15 is 0 Å². The summed E-state index contributed by atoms with van der Waals surface area (Å²) in [6, 6.07) is 10.9. The molecule has 29 heavy (non-hydrogen) atoms. The van der Waals surface area contributed by atoms with E-state index in [-0.39, 0.29) is 17.4 Å². The number of H-pyrrole nitrogens is 1. The maximum Gasteiger partial charge on any atom is 0.275 e. The highest BCUT2D eigenvalue weighted by Gasteiger charge is 2.16. The zero-order chi connectivity index (χ0) is 20.5. The first kappa shape index (κ1) is 18.9. The minimum Gasteiger partial charge on any atom is -0.507 e. The van der Waals surface area contributed by atoms with Gasteiger partial charge in [-0.15, -0.1) is 0 Å². The Balaban J connectivity index is 1.55. The largest absolute Gasteiger partial charge is 0.507 e. The maximum absolute atomic E-state index is 12.6. The highest BCUT2D eigenvalue weighted by Crippen LogP contribution is 2.33. The summed E-state index contributed by atoms with van der Waals surface area (Å²) in [5, 5.41) is 20.6. The summed E-state index contributed by atoms with van der Waals surface area (Å²) < 4.78 is 6.43. The molecule has 0 unspecified atom stereocenters. The molecule has 0 aliphatic carbocycles. The van der Waals surface area contributed by atoms with Crippen LogP contribution in [0.2, 0.25) is 0 Å². The molecule has 0 bridgehead atoms. The average Bonchev–Trinajstić information content (AvgIpc) is 3.33. The Hall–Kier alpha value is -3.39. The zero-order valence-corrected chi connectivity index (χ0v) is 17.1. The third-order valence-corrected chi connectivity index (χ3v) is 5.63. The second kappa shape index (κ2) is 7.56. The predicted molar refractivity (Wildman–Crippen MR) is 114 cm³/mol. The van der Waals surface area contributed by atoms with Crippen molar-refractivity contribution in [2.45, 2.75) is 20.8 Å². The van der Waals surface area contributed by atoms with Crippen molar-refractivity contribution < 1.29 is 14.6 Å². The molecule has 148 valence electrons. The number of anilines is 1. The number of aromatic nitrogens is 3. The molecule has 0 atom stereocenters. The van der Waals surface area contributed by atoms with E-state index in [4.69, 9.17) is 4.74 Å². The fraction of sp³-hybridized carbons (Fsp3) is 0.190. The molecule has 4 rings (SSSR count). The number of ether oxygens (including phenoxy) is 1. The lowest BCUT2D eigenvalue weighted by Crippen LogP contribution is -2.11. The topological polar surface area (TPSA) is 100 Å². The quantitative estimate of drug-likeness (QED) is 0.446. The van der Waals surface area contributed by atoms with Crippen LogP contribution in [0.4, 0.5) is 5.13 Å². The van der Waals surface area contributed by atoms with Crippen LogP contribution in [0, 0.1) is 13.8 Å². The van der Waals surface area contributed by atoms with Crippen LogP contribution in [0.1, 0.15) is 28.5 Å². The van der Waals surface area contributed by atoms with Crippen molar-refractivity contribution in [3.63, 3.8) is 0 Å². The molecule has 7 nitrogen and oxygen atoms in total. The number of hydrogen-bond acceptors (Lipinski definition) is 6. The summed E-state index contributed by atoms with van der Waals surface area (Å²) in [7, 11) is 0. The lowest BCUT2D eigenvalue weighted by atomic mass is 10.0. The second-order valence-electron chi connectivity index (χ2n) is 6.61. The number of phenolic OH excluding ortho intramolecular Hbond substituents is 1. The number of aryl methyl sites for hydroxylation is 1. The Morgan fingerprint density at radius 3 is 2.86 bits per heavy atom. The van der Waals surface area contributed by atoms with Gasteiger partial charge >= 0.3 is 0 Å². The molecule has 4 aromatic rings. The summed E-state index contributed by atoms with van der Waals surface area (Å²) in [6.07, 6.45) is 0. The summed E-state index contributed by atoms with van der Waals surface area (Å²) in [5.41, 5.74) is 3.93. The standard InChI is InChI=1S/C21H20N4O3S/c1-4-28-13-6-8-15-18(9-13)29-21(22-15)23-20(27)17-10-16(24-25-17)14-7-5-11(2)12(3)19(14)26/h5-10,26H,4H2,1-3H3,(H,24,25)(H,22,23,27). The first-order valence-corrected chi connectivity index (χ1v) is 9.97. The molecule has 0 aliphatic heterocycles. The van der Waals surface area contributed by atoms with E-state index in [9.17, 15) is 9.90 Å². The molecule has 0 radical (unpaired) electrons. The van der Waals surface area contributed by atoms with E-state index < -0.39 is 0 Å². The SMILES string of the molecule is CCOc1ccc2nc(NC(=O)c3cc(-c4ccc(C)c(C)c4O)n[nH]3)sc2c1. The molecule has 0 spiro atoms. The number of benzene rings is 2. The minimum atomic E-state index is -0.351. The minimum absolute atomic E-state index is 0.166. The van der Waals surface area contributed by atoms with Gasteiger partial charge in [0.25, 0.3) is 5.91 Å². The van der Waals surface area contributed by atoms with Crippen LogP contribution in [0.5, 0.6) is 11.5 Å². The lowest BCUT2D eigenvalue weighted by molar-refractivity contribution is 0.102. The van der Waals surface area contributed by atoms with Crippen molar-refractivity contribution in [3.8, 4) is 22.8 Å². The number of nitrogens with one attached hydrogen (secondary N) is 2. The summed E-state index contributed by atoms with van der Waals surface area (Å²) >= 11 is 1.37. The number of phenols is 1. The Bertz CT molecular complexity index is 1210. The van der Waals surface area contributed by atoms with Gasteiger partial charge in [0.05, 0.1) is 22.5 Å². The smallest absolute Gasteiger partial charge is 0.275 e. The number of amides is 1. The molecule has 2 heterocycles. The number of carbonyl (C=O) groups is 1. The van der Waals surface area contributed by atoms with Crippen molar-refractivity contribution in [2.75, 3.05) is 11.9 Å². The fourth-order valence-electron chi connectivity index (χ4n) is 2.96. The monoisotopic (exact) mass is 408 g/mol. The number of aromatic hydroxyl groups is 1. The highest BCUT2D eigenvalue weighted by atomic mass is 32.1. The number of rotatable bonds is 5. The number of aromatic amines is 1. The number of thiazole rings is 1.